The molecule has 4 N–H and O–H groups in total. The van der Waals surface area contributed by atoms with Gasteiger partial charge in [-0.3, -0.25) is 23.5 Å². The zero-order valence-electron chi connectivity index (χ0n) is 18.8. The summed E-state index contributed by atoms with van der Waals surface area (Å²) in [4.78, 5) is 48.9. The minimum atomic E-state index is -2.04. The van der Waals surface area contributed by atoms with E-state index in [2.05, 4.69) is 20.8 Å². The van der Waals surface area contributed by atoms with Gasteiger partial charge in [-0.1, -0.05) is 11.8 Å². The number of nitrogens with one attached hydrogen (secondary N) is 1. The van der Waals surface area contributed by atoms with Crippen molar-refractivity contribution in [1.29, 1.82) is 0 Å². The van der Waals surface area contributed by atoms with Crippen LogP contribution in [0.2, 0.25) is 0 Å². The molecule has 19 heteroatoms. The molecule has 4 atom stereocenters. The zero-order valence-corrected chi connectivity index (χ0v) is 23.3. The summed E-state index contributed by atoms with van der Waals surface area (Å²) in [5, 5.41) is 33.1. The van der Waals surface area contributed by atoms with E-state index >= 15 is 0 Å². The molecule has 0 aromatic carbocycles. The molecule has 1 aromatic heterocycles. The van der Waals surface area contributed by atoms with E-state index in [0.717, 1.165) is 35.5 Å². The number of methoxy groups -OCH3 is 1. The molecule has 2 amide bonds. The number of rotatable bonds is 11. The van der Waals surface area contributed by atoms with Gasteiger partial charge in [-0.2, -0.15) is 0 Å². The zero-order chi connectivity index (χ0) is 25.2. The SMILES string of the molecule is CO[C@@]1(NC(=O)CSC[C@@H](N)C(=O)O)C(=O)N2C(C(=O)[O-])=C(CSc3nnnn3C)CS(=O)[C@@H]21.[Na+]. The molecule has 0 radical (unpaired) electrons. The Bertz CT molecular complexity index is 1090. The van der Waals surface area contributed by atoms with Crippen molar-refractivity contribution in [2.45, 2.75) is 22.3 Å². The van der Waals surface area contributed by atoms with Gasteiger partial charge < -0.3 is 30.8 Å². The van der Waals surface area contributed by atoms with E-state index in [1.165, 1.54) is 4.68 Å². The minimum absolute atomic E-state index is 0. The third-order valence-corrected chi connectivity index (χ3v) is 8.74. The van der Waals surface area contributed by atoms with Crippen molar-refractivity contribution in [3.8, 4) is 0 Å². The number of carboxylic acid groups (broad SMARTS) is 2. The number of amides is 2. The summed E-state index contributed by atoms with van der Waals surface area (Å²) < 4.78 is 19.7. The minimum Gasteiger partial charge on any atom is -0.543 e. The van der Waals surface area contributed by atoms with Crippen LogP contribution >= 0.6 is 23.5 Å². The maximum Gasteiger partial charge on any atom is 1.00 e. The van der Waals surface area contributed by atoms with Gasteiger partial charge in [-0.05, 0) is 16.0 Å². The molecule has 3 rings (SSSR count). The Morgan fingerprint density at radius 1 is 1.46 bits per heavy atom. The molecule has 3 heterocycles. The fraction of sp³-hybridized carbons (Fsp3) is 0.562. The van der Waals surface area contributed by atoms with Gasteiger partial charge in [0.2, 0.25) is 11.1 Å². The first-order chi connectivity index (χ1) is 16.0. The molecule has 0 bridgehead atoms. The maximum absolute atomic E-state index is 13.0. The predicted molar refractivity (Wildman–Crippen MR) is 116 cm³/mol. The van der Waals surface area contributed by atoms with E-state index in [-0.39, 0.29) is 58.1 Å². The number of aliphatic carboxylic acids is 2. The third-order valence-electron chi connectivity index (χ3n) is 4.91. The molecule has 1 aromatic rings. The predicted octanol–water partition coefficient (Wildman–Crippen LogP) is -7.16. The Kier molecular flexibility index (Phi) is 10.3. The number of fused-ring (bicyclic) bond motifs is 1. The summed E-state index contributed by atoms with van der Waals surface area (Å²) in [6.45, 7) is 0. The molecular weight excluding hydrogens is 537 g/mol. The number of β-lactam (4-membered cyclic amide) rings is 1. The molecule has 0 aliphatic carbocycles. The average molecular weight is 558 g/mol. The summed E-state index contributed by atoms with van der Waals surface area (Å²) in [7, 11) is 0.876. The Labute approximate surface area is 231 Å². The van der Waals surface area contributed by atoms with E-state index in [1.54, 1.807) is 7.05 Å². The molecular formula is C16H20N7NaO8S3. The standard InChI is InChI=1S/C16H21N7O8S3.Na/c1-22-15(19-20-21-22)33-3-7-6-34(30)14-16(31-2,13(29)23(14)10(7)12(27)28)18-9(24)5-32-4-8(17)11(25)26;/h8,14H,3-6,17H2,1-2H3,(H,18,24)(H,25,26)(H,27,28);/q;+1/p-1/t8-,14-,16+,34?;/m1./s1. The van der Waals surface area contributed by atoms with Gasteiger partial charge in [0, 0.05) is 25.7 Å². The summed E-state index contributed by atoms with van der Waals surface area (Å²) in [5.74, 6) is -4.98. The summed E-state index contributed by atoms with van der Waals surface area (Å²) in [5.41, 5.74) is 3.09. The van der Waals surface area contributed by atoms with Crippen LogP contribution in [0.3, 0.4) is 0 Å². The molecule has 186 valence electrons. The fourth-order valence-corrected chi connectivity index (χ4v) is 6.88. The van der Waals surface area contributed by atoms with E-state index < -0.39 is 57.4 Å². The number of aryl methyl sites for hydroxylation is 1. The number of carbonyl (C=O) groups excluding carboxylic acids is 3. The maximum atomic E-state index is 13.0. The topological polar surface area (TPSA) is 223 Å². The van der Waals surface area contributed by atoms with Gasteiger partial charge in [0.15, 0.2) is 5.37 Å². The molecule has 1 unspecified atom stereocenters. The molecule has 0 spiro atoms. The monoisotopic (exact) mass is 557 g/mol. The third kappa shape index (κ3) is 5.90. The molecule has 2 aliphatic rings. The summed E-state index contributed by atoms with van der Waals surface area (Å²) in [6, 6.07) is -1.18. The van der Waals surface area contributed by atoms with Gasteiger partial charge in [0.05, 0.1) is 34.0 Å². The fourth-order valence-electron chi connectivity index (χ4n) is 3.31. The number of hydrogen-bond donors (Lipinski definition) is 3. The molecule has 1 saturated heterocycles. The largest absolute Gasteiger partial charge is 1.00 e. The number of nitrogens with zero attached hydrogens (tertiary/aromatic N) is 5. The molecule has 35 heavy (non-hydrogen) atoms. The van der Waals surface area contributed by atoms with Crippen LogP contribution in [0.1, 0.15) is 0 Å². The smallest absolute Gasteiger partial charge is 0.543 e. The van der Waals surface area contributed by atoms with Gasteiger partial charge in [-0.25, -0.2) is 4.68 Å². The Morgan fingerprint density at radius 3 is 2.69 bits per heavy atom. The van der Waals surface area contributed by atoms with E-state index in [9.17, 15) is 28.5 Å². The van der Waals surface area contributed by atoms with Gasteiger partial charge in [0.1, 0.15) is 6.04 Å². The van der Waals surface area contributed by atoms with Gasteiger partial charge in [0.25, 0.3) is 11.6 Å². The summed E-state index contributed by atoms with van der Waals surface area (Å²) in [6.07, 6.45) is 0. The molecule has 1 fully saturated rings. The Balaban J connectivity index is 0.00000432. The quantitative estimate of drug-likeness (QED) is 0.0995. The Morgan fingerprint density at radius 2 is 2.14 bits per heavy atom. The normalized spacial score (nSPS) is 24.2. The Hall–Kier alpha value is -1.54. The first kappa shape index (κ1) is 29.7. The second-order valence-electron chi connectivity index (χ2n) is 7.11. The van der Waals surface area contributed by atoms with Crippen molar-refractivity contribution >= 4 is 58.1 Å². The number of thioether (sulfide) groups is 2. The number of aromatic nitrogens is 4. The second-order valence-corrected chi connectivity index (χ2v) is 10.6. The number of tetrazole rings is 1. The van der Waals surface area contributed by atoms with Gasteiger partial charge in [-0.15, -0.1) is 16.9 Å². The molecule has 15 nitrogen and oxygen atoms in total. The van der Waals surface area contributed by atoms with Crippen LogP contribution in [-0.2, 0) is 41.8 Å². The van der Waals surface area contributed by atoms with Crippen LogP contribution in [0.4, 0.5) is 0 Å². The number of hydrogen-bond acceptors (Lipinski definition) is 13. The number of ether oxygens (including phenoxy) is 1. The van der Waals surface area contributed by atoms with Crippen molar-refractivity contribution in [2.24, 2.45) is 12.8 Å². The number of carboxylic acids is 2. The van der Waals surface area contributed by atoms with Crippen molar-refractivity contribution in [3.63, 3.8) is 0 Å². The van der Waals surface area contributed by atoms with Crippen LogP contribution in [0, 0.1) is 0 Å². The number of nitrogens with two attached hydrogens (primary N) is 1. The first-order valence-electron chi connectivity index (χ1n) is 9.45. The van der Waals surface area contributed by atoms with Crippen molar-refractivity contribution in [3.05, 3.63) is 11.3 Å². The number of carbonyl (C=O) groups is 4. The first-order valence-corrected chi connectivity index (χ1v) is 13.0. The average Bonchev–Trinajstić information content (AvgIpc) is 3.19. The van der Waals surface area contributed by atoms with E-state index in [0.29, 0.717) is 5.16 Å². The van der Waals surface area contributed by atoms with Crippen LogP contribution in [-0.4, -0.2) is 105 Å². The van der Waals surface area contributed by atoms with E-state index in [1.807, 2.05) is 0 Å². The van der Waals surface area contributed by atoms with Crippen molar-refractivity contribution in [2.75, 3.05) is 30.1 Å². The molecule has 0 saturated carbocycles. The van der Waals surface area contributed by atoms with Crippen molar-refractivity contribution in [1.82, 2.24) is 30.4 Å². The van der Waals surface area contributed by atoms with Crippen molar-refractivity contribution < 1.29 is 67.9 Å². The summed E-state index contributed by atoms with van der Waals surface area (Å²) >= 11 is 2.01. The van der Waals surface area contributed by atoms with Crippen LogP contribution in [0.15, 0.2) is 16.4 Å². The van der Waals surface area contributed by atoms with Gasteiger partial charge >= 0.3 is 35.5 Å². The van der Waals surface area contributed by atoms with Crippen LogP contribution < -0.4 is 45.7 Å². The van der Waals surface area contributed by atoms with Crippen LogP contribution in [0.5, 0.6) is 0 Å². The second kappa shape index (κ2) is 12.1. The van der Waals surface area contributed by atoms with E-state index in [4.69, 9.17) is 15.6 Å². The molecule has 2 aliphatic heterocycles. The van der Waals surface area contributed by atoms with Crippen LogP contribution in [0.25, 0.3) is 0 Å².